The molecule has 1 aromatic rings. The number of nitrogens with one attached hydrogen (secondary N) is 1. The van der Waals surface area contributed by atoms with Crippen molar-refractivity contribution in [3.05, 3.63) is 35.4 Å². The van der Waals surface area contributed by atoms with E-state index in [1.807, 2.05) is 4.90 Å². The number of piperidine rings is 1. The van der Waals surface area contributed by atoms with E-state index in [0.29, 0.717) is 13.1 Å². The van der Waals surface area contributed by atoms with Crippen molar-refractivity contribution in [2.24, 2.45) is 5.92 Å². The summed E-state index contributed by atoms with van der Waals surface area (Å²) in [7, 11) is 3.50. The van der Waals surface area contributed by atoms with Crippen LogP contribution in [0.2, 0.25) is 0 Å². The molecule has 1 heterocycles. The molecule has 5 nitrogen and oxygen atoms in total. The fourth-order valence-corrected chi connectivity index (χ4v) is 3.31. The quantitative estimate of drug-likeness (QED) is 0.834. The van der Waals surface area contributed by atoms with Crippen molar-refractivity contribution in [2.75, 3.05) is 33.7 Å². The lowest BCUT2D eigenvalue weighted by Crippen LogP contribution is -2.46. The molecular formula is C19H27F2N3O2. The molecule has 0 saturated carbocycles. The molecule has 1 aliphatic rings. The Balaban J connectivity index is 1.78. The predicted molar refractivity (Wildman–Crippen MR) is 95.5 cm³/mol. The molecule has 26 heavy (non-hydrogen) atoms. The highest BCUT2D eigenvalue weighted by Gasteiger charge is 2.27. The second kappa shape index (κ2) is 9.07. The molecule has 2 rings (SSSR count). The maximum absolute atomic E-state index is 13.7. The summed E-state index contributed by atoms with van der Waals surface area (Å²) in [6.45, 7) is 3.33. The number of rotatable bonds is 6. The van der Waals surface area contributed by atoms with Gasteiger partial charge in [-0.05, 0) is 51.4 Å². The minimum Gasteiger partial charge on any atom is -0.352 e. The van der Waals surface area contributed by atoms with Gasteiger partial charge in [-0.15, -0.1) is 0 Å². The first-order valence-corrected chi connectivity index (χ1v) is 8.93. The molecule has 0 radical (unpaired) electrons. The Hall–Kier alpha value is -2.02. The summed E-state index contributed by atoms with van der Waals surface area (Å²) in [4.78, 5) is 27.8. The van der Waals surface area contributed by atoms with E-state index in [1.54, 1.807) is 25.9 Å². The van der Waals surface area contributed by atoms with E-state index in [9.17, 15) is 18.4 Å². The number of likely N-dealkylation sites (tertiary alicyclic amines) is 1. The third-order valence-corrected chi connectivity index (χ3v) is 4.72. The molecule has 2 amide bonds. The van der Waals surface area contributed by atoms with E-state index in [-0.39, 0.29) is 42.3 Å². The minimum atomic E-state index is -0.598. The smallest absolute Gasteiger partial charge is 0.234 e. The maximum atomic E-state index is 13.7. The highest BCUT2D eigenvalue weighted by Crippen LogP contribution is 2.19. The van der Waals surface area contributed by atoms with Crippen LogP contribution in [0.3, 0.4) is 0 Å². The van der Waals surface area contributed by atoms with Gasteiger partial charge < -0.3 is 10.2 Å². The molecule has 144 valence electrons. The first-order chi connectivity index (χ1) is 12.3. The maximum Gasteiger partial charge on any atom is 0.234 e. The largest absolute Gasteiger partial charge is 0.352 e. The highest BCUT2D eigenvalue weighted by atomic mass is 19.1. The van der Waals surface area contributed by atoms with Gasteiger partial charge in [0.15, 0.2) is 0 Å². The number of hydrogen-bond acceptors (Lipinski definition) is 3. The van der Waals surface area contributed by atoms with Gasteiger partial charge in [-0.3, -0.25) is 14.5 Å². The lowest BCUT2D eigenvalue weighted by molar-refractivity contribution is -0.134. The van der Waals surface area contributed by atoms with Crippen LogP contribution in [0.5, 0.6) is 0 Å². The second-order valence-corrected chi connectivity index (χ2v) is 7.16. The van der Waals surface area contributed by atoms with Crippen LogP contribution in [-0.4, -0.2) is 61.4 Å². The molecule has 1 unspecified atom stereocenters. The number of hydrogen-bond donors (Lipinski definition) is 1. The van der Waals surface area contributed by atoms with Crippen molar-refractivity contribution < 1.29 is 18.4 Å². The standard InChI is InChI=1S/C19H27F2N3O2/c1-13(11-15-16(20)5-4-6-17(15)21)22-18(25)12-24-9-7-14(8-10-24)19(26)23(2)3/h4-6,13-14H,7-12H2,1-3H3,(H,22,25). The number of carbonyl (C=O) groups excluding carboxylic acids is 2. The summed E-state index contributed by atoms with van der Waals surface area (Å²) >= 11 is 0. The lowest BCUT2D eigenvalue weighted by Gasteiger charge is -2.32. The molecule has 0 aromatic heterocycles. The molecule has 0 bridgehead atoms. The number of carbonyl (C=O) groups is 2. The Morgan fingerprint density at radius 3 is 2.35 bits per heavy atom. The van der Waals surface area contributed by atoms with Crippen LogP contribution in [0, 0.1) is 17.6 Å². The van der Waals surface area contributed by atoms with Crippen molar-refractivity contribution in [2.45, 2.75) is 32.2 Å². The van der Waals surface area contributed by atoms with Crippen LogP contribution >= 0.6 is 0 Å². The van der Waals surface area contributed by atoms with Crippen LogP contribution in [0.15, 0.2) is 18.2 Å². The molecule has 7 heteroatoms. The van der Waals surface area contributed by atoms with Crippen molar-refractivity contribution in [1.29, 1.82) is 0 Å². The van der Waals surface area contributed by atoms with Gasteiger partial charge >= 0.3 is 0 Å². The zero-order valence-electron chi connectivity index (χ0n) is 15.6. The van der Waals surface area contributed by atoms with Crippen molar-refractivity contribution in [3.8, 4) is 0 Å². The molecule has 0 aliphatic carbocycles. The van der Waals surface area contributed by atoms with E-state index < -0.39 is 11.6 Å². The van der Waals surface area contributed by atoms with Crippen molar-refractivity contribution in [1.82, 2.24) is 15.1 Å². The SMILES string of the molecule is CC(Cc1c(F)cccc1F)NC(=O)CN1CCC(C(=O)N(C)C)CC1. The summed E-state index contributed by atoms with van der Waals surface area (Å²) in [5.41, 5.74) is -0.0108. The monoisotopic (exact) mass is 367 g/mol. The third-order valence-electron chi connectivity index (χ3n) is 4.72. The second-order valence-electron chi connectivity index (χ2n) is 7.16. The molecular weight excluding hydrogens is 340 g/mol. The Morgan fingerprint density at radius 2 is 1.81 bits per heavy atom. The predicted octanol–water partition coefficient (Wildman–Crippen LogP) is 1.81. The number of halogens is 2. The summed E-state index contributed by atoms with van der Waals surface area (Å²) in [5, 5.41) is 2.79. The van der Waals surface area contributed by atoms with Gasteiger partial charge in [-0.25, -0.2) is 8.78 Å². The summed E-state index contributed by atoms with van der Waals surface area (Å²) in [6, 6.07) is 3.38. The van der Waals surface area contributed by atoms with Gasteiger partial charge in [0.25, 0.3) is 0 Å². The zero-order chi connectivity index (χ0) is 19.3. The Morgan fingerprint density at radius 1 is 1.23 bits per heavy atom. The molecule has 1 fully saturated rings. The molecule has 1 aromatic carbocycles. The molecule has 0 spiro atoms. The fourth-order valence-electron chi connectivity index (χ4n) is 3.31. The Bertz CT molecular complexity index is 623. The molecule has 1 atom stereocenters. The van der Waals surface area contributed by atoms with Gasteiger partial charge in [-0.2, -0.15) is 0 Å². The van der Waals surface area contributed by atoms with E-state index in [4.69, 9.17) is 0 Å². The Labute approximate surface area is 153 Å². The van der Waals surface area contributed by atoms with E-state index in [0.717, 1.165) is 12.8 Å². The topological polar surface area (TPSA) is 52.7 Å². The normalized spacial score (nSPS) is 17.0. The highest BCUT2D eigenvalue weighted by molar-refractivity contribution is 5.79. The van der Waals surface area contributed by atoms with Gasteiger partial charge in [0.05, 0.1) is 6.54 Å². The Kier molecular flexibility index (Phi) is 7.08. The van der Waals surface area contributed by atoms with Crippen LogP contribution < -0.4 is 5.32 Å². The minimum absolute atomic E-state index is 0.0108. The molecule has 1 N–H and O–H groups in total. The van der Waals surface area contributed by atoms with Crippen LogP contribution in [0.1, 0.15) is 25.3 Å². The third kappa shape index (κ3) is 5.49. The van der Waals surface area contributed by atoms with E-state index >= 15 is 0 Å². The van der Waals surface area contributed by atoms with Gasteiger partial charge in [0.2, 0.25) is 11.8 Å². The van der Waals surface area contributed by atoms with Gasteiger partial charge in [0.1, 0.15) is 11.6 Å². The van der Waals surface area contributed by atoms with E-state index in [1.165, 1.54) is 18.2 Å². The number of nitrogens with zero attached hydrogens (tertiary/aromatic N) is 2. The fraction of sp³-hybridized carbons (Fsp3) is 0.579. The summed E-state index contributed by atoms with van der Waals surface area (Å²) in [6.07, 6.45) is 1.57. The van der Waals surface area contributed by atoms with Gasteiger partial charge in [0, 0.05) is 31.6 Å². The first kappa shape index (κ1) is 20.3. The summed E-state index contributed by atoms with van der Waals surface area (Å²) in [5.74, 6) is -1.22. The summed E-state index contributed by atoms with van der Waals surface area (Å²) < 4.78 is 27.4. The van der Waals surface area contributed by atoms with Crippen LogP contribution in [-0.2, 0) is 16.0 Å². The average Bonchev–Trinajstić information content (AvgIpc) is 2.58. The van der Waals surface area contributed by atoms with Gasteiger partial charge in [-0.1, -0.05) is 6.07 Å². The molecule has 1 saturated heterocycles. The number of benzene rings is 1. The van der Waals surface area contributed by atoms with Crippen molar-refractivity contribution in [3.63, 3.8) is 0 Å². The van der Waals surface area contributed by atoms with E-state index in [2.05, 4.69) is 5.32 Å². The number of amides is 2. The van der Waals surface area contributed by atoms with Crippen LogP contribution in [0.4, 0.5) is 8.78 Å². The zero-order valence-corrected chi connectivity index (χ0v) is 15.6. The first-order valence-electron chi connectivity index (χ1n) is 8.93. The average molecular weight is 367 g/mol. The van der Waals surface area contributed by atoms with Crippen molar-refractivity contribution >= 4 is 11.8 Å². The molecule has 1 aliphatic heterocycles. The van der Waals surface area contributed by atoms with Crippen LogP contribution in [0.25, 0.3) is 0 Å². The lowest BCUT2D eigenvalue weighted by atomic mass is 9.95.